The first-order valence-corrected chi connectivity index (χ1v) is 5.63. The molecule has 1 heterocycles. The summed E-state index contributed by atoms with van der Waals surface area (Å²) in [4.78, 5) is 4.55. The van der Waals surface area contributed by atoms with Gasteiger partial charge >= 0.3 is 0 Å². The average molecular weight is 220 g/mol. The highest BCUT2D eigenvalue weighted by Crippen LogP contribution is 2.23. The van der Waals surface area contributed by atoms with Gasteiger partial charge in [0.1, 0.15) is 0 Å². The minimum Gasteiger partial charge on any atom is -0.256 e. The molecule has 0 bridgehead atoms. The average Bonchev–Trinajstić information content (AvgIpc) is 2.61. The second kappa shape index (κ2) is 4.19. The molecule has 0 N–H and O–H groups in total. The Morgan fingerprint density at radius 1 is 1.20 bits per heavy atom. The van der Waals surface area contributed by atoms with Gasteiger partial charge in [0.15, 0.2) is 0 Å². The second-order valence-electron chi connectivity index (χ2n) is 3.96. The number of nitrogens with zero attached hydrogens (tertiary/aromatic N) is 1. The Balaban J connectivity index is 2.26. The summed E-state index contributed by atoms with van der Waals surface area (Å²) in [5, 5.41) is 0. The van der Waals surface area contributed by atoms with Crippen LogP contribution in [0.4, 0.5) is 0 Å². The Morgan fingerprint density at radius 2 is 1.87 bits per heavy atom. The third kappa shape index (κ3) is 2.13. The van der Waals surface area contributed by atoms with Crippen molar-refractivity contribution in [1.82, 2.24) is 0 Å². The Kier molecular flexibility index (Phi) is 2.92. The number of rotatable bonds is 2. The fourth-order valence-corrected chi connectivity index (χ4v) is 2.00. The van der Waals surface area contributed by atoms with Crippen molar-refractivity contribution in [3.05, 3.63) is 46.7 Å². The maximum atomic E-state index is 5.82. The lowest BCUT2D eigenvalue weighted by molar-refractivity contribution is 1.22. The van der Waals surface area contributed by atoms with Crippen LogP contribution in [0, 0.1) is 6.92 Å². The molecule has 0 amide bonds. The van der Waals surface area contributed by atoms with Crippen molar-refractivity contribution in [1.29, 1.82) is 0 Å². The lowest BCUT2D eigenvalue weighted by Gasteiger charge is -2.01. The van der Waals surface area contributed by atoms with E-state index in [2.05, 4.69) is 43.1 Å². The quantitative estimate of drug-likeness (QED) is 0.673. The van der Waals surface area contributed by atoms with Gasteiger partial charge in [0.05, 0.1) is 17.3 Å². The lowest BCUT2D eigenvalue weighted by atomic mass is 10.0. The highest BCUT2D eigenvalue weighted by Gasteiger charge is 2.14. The molecule has 0 fully saturated rings. The maximum Gasteiger partial charge on any atom is 0.0647 e. The Morgan fingerprint density at radius 3 is 2.40 bits per heavy atom. The molecule has 0 atom stereocenters. The summed E-state index contributed by atoms with van der Waals surface area (Å²) in [6, 6.07) is 8.48. The van der Waals surface area contributed by atoms with Crippen molar-refractivity contribution in [2.45, 2.75) is 20.3 Å². The van der Waals surface area contributed by atoms with Crippen LogP contribution in [0.1, 0.15) is 24.5 Å². The molecular formula is C13H14ClN. The molecule has 1 nitrogen and oxygen atoms in total. The zero-order valence-electron chi connectivity index (χ0n) is 9.05. The molecule has 1 aromatic carbocycles. The van der Waals surface area contributed by atoms with Gasteiger partial charge < -0.3 is 0 Å². The van der Waals surface area contributed by atoms with E-state index >= 15 is 0 Å². The van der Waals surface area contributed by atoms with Gasteiger partial charge in [0, 0.05) is 6.42 Å². The number of allylic oxidation sites excluding steroid dienone is 2. The summed E-state index contributed by atoms with van der Waals surface area (Å²) >= 11 is 5.82. The van der Waals surface area contributed by atoms with Crippen LogP contribution >= 0.6 is 11.6 Å². The Hall–Kier alpha value is -1.08. The van der Waals surface area contributed by atoms with Crippen LogP contribution < -0.4 is 0 Å². The monoisotopic (exact) mass is 219 g/mol. The van der Waals surface area contributed by atoms with Crippen molar-refractivity contribution in [3.8, 4) is 0 Å². The van der Waals surface area contributed by atoms with E-state index in [0.717, 1.165) is 17.8 Å². The van der Waals surface area contributed by atoms with Crippen LogP contribution in [0.5, 0.6) is 0 Å². The summed E-state index contributed by atoms with van der Waals surface area (Å²) < 4.78 is 0. The van der Waals surface area contributed by atoms with Crippen LogP contribution in [-0.4, -0.2) is 11.6 Å². The van der Waals surface area contributed by atoms with E-state index in [0.29, 0.717) is 5.88 Å². The molecule has 2 heteroatoms. The number of alkyl halides is 1. The SMILES string of the molecule is CC1=C(CCl)N=C(c2ccc(C)cc2)C1. The van der Waals surface area contributed by atoms with E-state index in [9.17, 15) is 0 Å². The Bertz CT molecular complexity index is 426. The van der Waals surface area contributed by atoms with Crippen LogP contribution in [-0.2, 0) is 0 Å². The number of aliphatic imine (C=N–C) groups is 1. The van der Waals surface area contributed by atoms with Gasteiger partial charge in [0.2, 0.25) is 0 Å². The predicted molar refractivity (Wildman–Crippen MR) is 65.8 cm³/mol. The van der Waals surface area contributed by atoms with E-state index < -0.39 is 0 Å². The van der Waals surface area contributed by atoms with E-state index in [1.54, 1.807) is 0 Å². The smallest absolute Gasteiger partial charge is 0.0647 e. The van der Waals surface area contributed by atoms with Gasteiger partial charge in [-0.3, -0.25) is 4.99 Å². The van der Waals surface area contributed by atoms with E-state index in [1.807, 2.05) is 0 Å². The normalized spacial score (nSPS) is 15.8. The summed E-state index contributed by atoms with van der Waals surface area (Å²) in [6.07, 6.45) is 0.936. The molecule has 0 spiro atoms. The van der Waals surface area contributed by atoms with E-state index in [-0.39, 0.29) is 0 Å². The van der Waals surface area contributed by atoms with Gasteiger partial charge in [-0.05, 0) is 25.0 Å². The molecule has 2 rings (SSSR count). The van der Waals surface area contributed by atoms with Crippen LogP contribution in [0.2, 0.25) is 0 Å². The number of benzene rings is 1. The number of hydrogen-bond acceptors (Lipinski definition) is 1. The van der Waals surface area contributed by atoms with Crippen molar-refractivity contribution in [3.63, 3.8) is 0 Å². The highest BCUT2D eigenvalue weighted by molar-refractivity contribution is 6.20. The third-order valence-electron chi connectivity index (χ3n) is 2.71. The first-order chi connectivity index (χ1) is 7.20. The van der Waals surface area contributed by atoms with Crippen molar-refractivity contribution in [2.24, 2.45) is 4.99 Å². The van der Waals surface area contributed by atoms with Crippen molar-refractivity contribution >= 4 is 17.3 Å². The molecular weight excluding hydrogens is 206 g/mol. The first kappa shape index (κ1) is 10.4. The molecule has 0 aromatic heterocycles. The summed E-state index contributed by atoms with van der Waals surface area (Å²) in [6.45, 7) is 4.19. The fourth-order valence-electron chi connectivity index (χ4n) is 1.71. The molecule has 0 radical (unpaired) electrons. The van der Waals surface area contributed by atoms with Crippen LogP contribution in [0.25, 0.3) is 0 Å². The van der Waals surface area contributed by atoms with Crippen molar-refractivity contribution < 1.29 is 0 Å². The zero-order valence-corrected chi connectivity index (χ0v) is 9.80. The predicted octanol–water partition coefficient (Wildman–Crippen LogP) is 3.70. The third-order valence-corrected chi connectivity index (χ3v) is 2.96. The van der Waals surface area contributed by atoms with Crippen LogP contribution in [0.15, 0.2) is 40.5 Å². The van der Waals surface area contributed by atoms with Gasteiger partial charge in [-0.25, -0.2) is 0 Å². The first-order valence-electron chi connectivity index (χ1n) is 5.10. The molecule has 78 valence electrons. The molecule has 1 aromatic rings. The molecule has 1 aliphatic rings. The molecule has 1 aliphatic heterocycles. The molecule has 0 saturated carbocycles. The molecule has 0 saturated heterocycles. The topological polar surface area (TPSA) is 12.4 Å². The van der Waals surface area contributed by atoms with E-state index in [4.69, 9.17) is 11.6 Å². The number of aryl methyl sites for hydroxylation is 1. The largest absolute Gasteiger partial charge is 0.256 e. The molecule has 0 unspecified atom stereocenters. The maximum absolute atomic E-state index is 5.82. The van der Waals surface area contributed by atoms with Gasteiger partial charge in [0.25, 0.3) is 0 Å². The minimum atomic E-state index is 0.515. The van der Waals surface area contributed by atoms with Crippen LogP contribution in [0.3, 0.4) is 0 Å². The summed E-state index contributed by atoms with van der Waals surface area (Å²) in [5.74, 6) is 0.515. The minimum absolute atomic E-state index is 0.515. The molecule has 15 heavy (non-hydrogen) atoms. The van der Waals surface area contributed by atoms with Crippen molar-refractivity contribution in [2.75, 3.05) is 5.88 Å². The fraction of sp³-hybridized carbons (Fsp3) is 0.308. The highest BCUT2D eigenvalue weighted by atomic mass is 35.5. The summed E-state index contributed by atoms with van der Waals surface area (Å²) in [5.41, 5.74) is 5.95. The van der Waals surface area contributed by atoms with Gasteiger partial charge in [-0.1, -0.05) is 29.8 Å². The van der Waals surface area contributed by atoms with E-state index in [1.165, 1.54) is 16.7 Å². The zero-order chi connectivity index (χ0) is 10.8. The Labute approximate surface area is 95.5 Å². The number of halogens is 1. The standard InChI is InChI=1S/C13H14ClN/c1-9-3-5-11(6-4-9)12-7-10(2)13(8-14)15-12/h3-6H,7-8H2,1-2H3. The molecule has 0 aliphatic carbocycles. The second-order valence-corrected chi connectivity index (χ2v) is 4.23. The number of hydrogen-bond donors (Lipinski definition) is 0. The lowest BCUT2D eigenvalue weighted by Crippen LogP contribution is -1.96. The van der Waals surface area contributed by atoms with Gasteiger partial charge in [-0.2, -0.15) is 0 Å². The van der Waals surface area contributed by atoms with Gasteiger partial charge in [-0.15, -0.1) is 11.6 Å². The summed E-state index contributed by atoms with van der Waals surface area (Å²) in [7, 11) is 0.